The lowest BCUT2D eigenvalue weighted by molar-refractivity contribution is -0.116. The monoisotopic (exact) mass is 361 g/mol. The van der Waals surface area contributed by atoms with Gasteiger partial charge >= 0.3 is 0 Å². The van der Waals surface area contributed by atoms with Crippen molar-refractivity contribution in [1.29, 1.82) is 0 Å². The van der Waals surface area contributed by atoms with Gasteiger partial charge in [-0.05, 0) is 55.7 Å². The number of carbonyl (C=O) groups excluding carboxylic acids is 1. The van der Waals surface area contributed by atoms with E-state index in [0.29, 0.717) is 19.4 Å². The van der Waals surface area contributed by atoms with E-state index in [1.807, 2.05) is 56.3 Å². The summed E-state index contributed by atoms with van der Waals surface area (Å²) in [5, 5.41) is 2.96. The fraction of sp³-hybridized carbons (Fsp3) is 0.278. The number of rotatable bonds is 6. The molecule has 0 radical (unpaired) electrons. The van der Waals surface area contributed by atoms with Crippen LogP contribution in [0.25, 0.3) is 0 Å². The topological polar surface area (TPSA) is 38.3 Å². The predicted octanol–water partition coefficient (Wildman–Crippen LogP) is 4.73. The Labute approximate surface area is 139 Å². The van der Waals surface area contributed by atoms with Crippen molar-refractivity contribution in [3.05, 3.63) is 58.1 Å². The van der Waals surface area contributed by atoms with Crippen molar-refractivity contribution in [3.63, 3.8) is 0 Å². The zero-order chi connectivity index (χ0) is 15.9. The summed E-state index contributed by atoms with van der Waals surface area (Å²) in [6.45, 7) is 4.56. The highest BCUT2D eigenvalue weighted by molar-refractivity contribution is 9.10. The highest BCUT2D eigenvalue weighted by Gasteiger charge is 2.08. The van der Waals surface area contributed by atoms with Crippen LogP contribution in [0.15, 0.2) is 46.9 Å². The van der Waals surface area contributed by atoms with Crippen LogP contribution in [-0.4, -0.2) is 12.5 Å². The summed E-state index contributed by atoms with van der Waals surface area (Å²) in [6, 6.07) is 13.7. The highest BCUT2D eigenvalue weighted by atomic mass is 79.9. The number of benzene rings is 2. The smallest absolute Gasteiger partial charge is 0.224 e. The maximum atomic E-state index is 12.1. The molecule has 0 atom stereocenters. The van der Waals surface area contributed by atoms with Gasteiger partial charge in [-0.2, -0.15) is 0 Å². The molecule has 22 heavy (non-hydrogen) atoms. The van der Waals surface area contributed by atoms with Crippen LogP contribution in [0.5, 0.6) is 5.75 Å². The van der Waals surface area contributed by atoms with Gasteiger partial charge in [0.1, 0.15) is 5.75 Å². The molecule has 116 valence electrons. The van der Waals surface area contributed by atoms with Crippen LogP contribution >= 0.6 is 15.9 Å². The van der Waals surface area contributed by atoms with Crippen molar-refractivity contribution < 1.29 is 9.53 Å². The Balaban J connectivity index is 1.95. The molecule has 1 N–H and O–H groups in total. The number of hydrogen-bond donors (Lipinski definition) is 1. The molecule has 2 rings (SSSR count). The molecular weight excluding hydrogens is 342 g/mol. The van der Waals surface area contributed by atoms with Crippen molar-refractivity contribution in [2.45, 2.75) is 26.7 Å². The molecule has 0 bridgehead atoms. The summed E-state index contributed by atoms with van der Waals surface area (Å²) in [4.78, 5) is 12.1. The van der Waals surface area contributed by atoms with Gasteiger partial charge < -0.3 is 10.1 Å². The van der Waals surface area contributed by atoms with Gasteiger partial charge in [0.2, 0.25) is 5.91 Å². The van der Waals surface area contributed by atoms with Crippen LogP contribution in [-0.2, 0) is 11.2 Å². The summed E-state index contributed by atoms with van der Waals surface area (Å²) in [5.74, 6) is 0.870. The zero-order valence-corrected chi connectivity index (χ0v) is 14.4. The van der Waals surface area contributed by atoms with E-state index >= 15 is 0 Å². The molecule has 0 aliphatic heterocycles. The third-order valence-electron chi connectivity index (χ3n) is 3.36. The molecular formula is C18H20BrNO2. The van der Waals surface area contributed by atoms with Crippen molar-refractivity contribution in [2.24, 2.45) is 0 Å². The SMILES string of the molecule is CCOc1ccccc1CCC(=O)Nc1ccc(Br)cc1C. The predicted molar refractivity (Wildman–Crippen MR) is 93.4 cm³/mol. The fourth-order valence-electron chi connectivity index (χ4n) is 2.23. The lowest BCUT2D eigenvalue weighted by atomic mass is 10.1. The molecule has 0 saturated carbocycles. The lowest BCUT2D eigenvalue weighted by Crippen LogP contribution is -2.13. The number of para-hydroxylation sites is 1. The first-order valence-electron chi connectivity index (χ1n) is 7.37. The Morgan fingerprint density at radius 3 is 2.73 bits per heavy atom. The molecule has 0 fully saturated rings. The zero-order valence-electron chi connectivity index (χ0n) is 12.9. The van der Waals surface area contributed by atoms with Crippen LogP contribution in [0.1, 0.15) is 24.5 Å². The van der Waals surface area contributed by atoms with Gasteiger partial charge in [-0.15, -0.1) is 0 Å². The molecule has 0 aliphatic carbocycles. The molecule has 0 heterocycles. The maximum absolute atomic E-state index is 12.1. The summed E-state index contributed by atoms with van der Waals surface area (Å²) in [6.07, 6.45) is 1.09. The molecule has 0 aliphatic rings. The van der Waals surface area contributed by atoms with Gasteiger partial charge in [0, 0.05) is 16.6 Å². The Kier molecular flexibility index (Phi) is 6.01. The molecule has 0 unspecified atom stereocenters. The van der Waals surface area contributed by atoms with Crippen LogP contribution < -0.4 is 10.1 Å². The Hall–Kier alpha value is -1.81. The molecule has 3 nitrogen and oxygen atoms in total. The minimum Gasteiger partial charge on any atom is -0.494 e. The second kappa shape index (κ2) is 7.99. The van der Waals surface area contributed by atoms with E-state index in [1.165, 1.54) is 0 Å². The van der Waals surface area contributed by atoms with Crippen LogP contribution in [0, 0.1) is 6.92 Å². The average molecular weight is 362 g/mol. The van der Waals surface area contributed by atoms with E-state index in [9.17, 15) is 4.79 Å². The number of carbonyl (C=O) groups is 1. The Morgan fingerprint density at radius 2 is 2.00 bits per heavy atom. The number of hydrogen-bond acceptors (Lipinski definition) is 2. The standard InChI is InChI=1S/C18H20BrNO2/c1-3-22-17-7-5-4-6-14(17)8-11-18(21)20-16-10-9-15(19)12-13(16)2/h4-7,9-10,12H,3,8,11H2,1-2H3,(H,20,21). The third kappa shape index (κ3) is 4.60. The maximum Gasteiger partial charge on any atom is 0.224 e. The number of nitrogens with one attached hydrogen (secondary N) is 1. The van der Waals surface area contributed by atoms with E-state index in [2.05, 4.69) is 21.2 Å². The molecule has 1 amide bonds. The number of anilines is 1. The van der Waals surface area contributed by atoms with Crippen molar-refractivity contribution in [1.82, 2.24) is 0 Å². The van der Waals surface area contributed by atoms with Gasteiger partial charge in [0.05, 0.1) is 6.61 Å². The minimum atomic E-state index is 0.0109. The molecule has 2 aromatic rings. The first-order valence-corrected chi connectivity index (χ1v) is 8.16. The van der Waals surface area contributed by atoms with Crippen LogP contribution in [0.3, 0.4) is 0 Å². The van der Waals surface area contributed by atoms with E-state index in [0.717, 1.165) is 27.0 Å². The fourth-order valence-corrected chi connectivity index (χ4v) is 2.71. The van der Waals surface area contributed by atoms with Crippen molar-refractivity contribution in [3.8, 4) is 5.75 Å². The normalized spacial score (nSPS) is 10.3. The highest BCUT2D eigenvalue weighted by Crippen LogP contribution is 2.22. The minimum absolute atomic E-state index is 0.0109. The summed E-state index contributed by atoms with van der Waals surface area (Å²) < 4.78 is 6.59. The average Bonchev–Trinajstić information content (AvgIpc) is 2.49. The summed E-state index contributed by atoms with van der Waals surface area (Å²) in [7, 11) is 0. The molecule has 0 saturated heterocycles. The van der Waals surface area contributed by atoms with Gasteiger partial charge in [-0.1, -0.05) is 34.1 Å². The van der Waals surface area contributed by atoms with Gasteiger partial charge in [0.25, 0.3) is 0 Å². The van der Waals surface area contributed by atoms with Crippen LogP contribution in [0.4, 0.5) is 5.69 Å². The number of aryl methyl sites for hydroxylation is 2. The second-order valence-electron chi connectivity index (χ2n) is 5.05. The van der Waals surface area contributed by atoms with Crippen molar-refractivity contribution in [2.75, 3.05) is 11.9 Å². The van der Waals surface area contributed by atoms with E-state index in [4.69, 9.17) is 4.74 Å². The first-order chi connectivity index (χ1) is 10.6. The molecule has 0 aromatic heterocycles. The van der Waals surface area contributed by atoms with E-state index in [-0.39, 0.29) is 5.91 Å². The number of amides is 1. The molecule has 4 heteroatoms. The Bertz CT molecular complexity index is 655. The summed E-state index contributed by atoms with van der Waals surface area (Å²) >= 11 is 3.42. The number of ether oxygens (including phenoxy) is 1. The molecule has 0 spiro atoms. The molecule has 2 aromatic carbocycles. The van der Waals surface area contributed by atoms with Crippen molar-refractivity contribution >= 4 is 27.5 Å². The second-order valence-corrected chi connectivity index (χ2v) is 5.96. The van der Waals surface area contributed by atoms with Gasteiger partial charge in [-0.3, -0.25) is 4.79 Å². The van der Waals surface area contributed by atoms with E-state index in [1.54, 1.807) is 0 Å². The largest absolute Gasteiger partial charge is 0.494 e. The summed E-state index contributed by atoms with van der Waals surface area (Å²) in [5.41, 5.74) is 2.95. The van der Waals surface area contributed by atoms with Gasteiger partial charge in [-0.25, -0.2) is 0 Å². The number of halogens is 1. The first kappa shape index (κ1) is 16.6. The van der Waals surface area contributed by atoms with E-state index < -0.39 is 0 Å². The lowest BCUT2D eigenvalue weighted by Gasteiger charge is -2.11. The van der Waals surface area contributed by atoms with Gasteiger partial charge in [0.15, 0.2) is 0 Å². The quantitative estimate of drug-likeness (QED) is 0.807. The van der Waals surface area contributed by atoms with Crippen LogP contribution in [0.2, 0.25) is 0 Å². The Morgan fingerprint density at radius 1 is 1.23 bits per heavy atom. The third-order valence-corrected chi connectivity index (χ3v) is 3.85.